The molecule has 102 valence electrons. The van der Waals surface area contributed by atoms with E-state index in [1.165, 1.54) is 16.7 Å². The summed E-state index contributed by atoms with van der Waals surface area (Å²) in [6.07, 6.45) is 4.97. The Labute approximate surface area is 114 Å². The second-order valence-corrected chi connectivity index (χ2v) is 4.75. The van der Waals surface area contributed by atoms with Crippen LogP contribution in [0.1, 0.15) is 16.7 Å². The normalized spacial score (nSPS) is 10.7. The van der Waals surface area contributed by atoms with Crippen molar-refractivity contribution < 1.29 is 4.74 Å². The first-order chi connectivity index (χ1) is 9.19. The van der Waals surface area contributed by atoms with E-state index < -0.39 is 0 Å². The van der Waals surface area contributed by atoms with E-state index in [1.54, 1.807) is 7.11 Å². The summed E-state index contributed by atoms with van der Waals surface area (Å²) in [4.78, 5) is 0. The average molecular weight is 259 g/mol. The number of rotatable bonds is 6. The van der Waals surface area contributed by atoms with Gasteiger partial charge < -0.3 is 10.1 Å². The molecule has 19 heavy (non-hydrogen) atoms. The van der Waals surface area contributed by atoms with Crippen LogP contribution in [0, 0.1) is 6.92 Å². The smallest absolute Gasteiger partial charge is 0.121 e. The molecule has 0 aliphatic heterocycles. The molecule has 2 aromatic rings. The fourth-order valence-corrected chi connectivity index (χ4v) is 2.12. The third kappa shape index (κ3) is 3.83. The molecule has 1 N–H and O–H groups in total. The van der Waals surface area contributed by atoms with E-state index in [0.717, 1.165) is 25.3 Å². The Morgan fingerprint density at radius 2 is 2.16 bits per heavy atom. The molecule has 0 saturated carbocycles. The number of methoxy groups -OCH3 is 1. The van der Waals surface area contributed by atoms with Gasteiger partial charge in [-0.3, -0.25) is 4.68 Å². The molecule has 1 aromatic heterocycles. The van der Waals surface area contributed by atoms with Gasteiger partial charge in [-0.25, -0.2) is 0 Å². The van der Waals surface area contributed by atoms with E-state index in [4.69, 9.17) is 4.74 Å². The minimum atomic E-state index is 0.880. The zero-order chi connectivity index (χ0) is 13.7. The van der Waals surface area contributed by atoms with Crippen molar-refractivity contribution in [3.05, 3.63) is 47.3 Å². The van der Waals surface area contributed by atoms with Crippen molar-refractivity contribution in [1.82, 2.24) is 15.1 Å². The van der Waals surface area contributed by atoms with Gasteiger partial charge in [-0.05, 0) is 42.6 Å². The summed E-state index contributed by atoms with van der Waals surface area (Å²) >= 11 is 0. The van der Waals surface area contributed by atoms with Gasteiger partial charge in [0.1, 0.15) is 5.75 Å². The molecule has 4 heteroatoms. The van der Waals surface area contributed by atoms with E-state index in [1.807, 2.05) is 24.0 Å². The number of nitrogens with zero attached hydrogens (tertiary/aromatic N) is 2. The molecule has 0 unspecified atom stereocenters. The highest BCUT2D eigenvalue weighted by atomic mass is 16.5. The van der Waals surface area contributed by atoms with Crippen LogP contribution in [0.2, 0.25) is 0 Å². The summed E-state index contributed by atoms with van der Waals surface area (Å²) in [6, 6.07) is 6.28. The maximum absolute atomic E-state index is 5.26. The van der Waals surface area contributed by atoms with E-state index in [2.05, 4.69) is 35.7 Å². The van der Waals surface area contributed by atoms with Crippen LogP contribution >= 0.6 is 0 Å². The van der Waals surface area contributed by atoms with Crippen LogP contribution in [0.25, 0.3) is 0 Å². The lowest BCUT2D eigenvalue weighted by Crippen LogP contribution is -2.16. The van der Waals surface area contributed by atoms with Gasteiger partial charge in [0.2, 0.25) is 0 Å². The quantitative estimate of drug-likeness (QED) is 0.807. The predicted octanol–water partition coefficient (Wildman–Crippen LogP) is 2.07. The highest BCUT2D eigenvalue weighted by Gasteiger charge is 2.00. The minimum Gasteiger partial charge on any atom is -0.496 e. The molecule has 4 nitrogen and oxygen atoms in total. The SMILES string of the molecule is COc1ccc(CNCCc2cnn(C)c2)cc1C. The van der Waals surface area contributed by atoms with Gasteiger partial charge in [0, 0.05) is 19.8 Å². The van der Waals surface area contributed by atoms with E-state index in [-0.39, 0.29) is 0 Å². The van der Waals surface area contributed by atoms with Gasteiger partial charge in [-0.2, -0.15) is 5.10 Å². The van der Waals surface area contributed by atoms with E-state index in [9.17, 15) is 0 Å². The fourth-order valence-electron chi connectivity index (χ4n) is 2.12. The molecule has 0 atom stereocenters. The molecule has 0 fully saturated rings. The van der Waals surface area contributed by atoms with Gasteiger partial charge in [0.25, 0.3) is 0 Å². The van der Waals surface area contributed by atoms with Crippen LogP contribution in [0.5, 0.6) is 5.75 Å². The summed E-state index contributed by atoms with van der Waals surface area (Å²) in [5.41, 5.74) is 3.72. The van der Waals surface area contributed by atoms with Crippen molar-refractivity contribution in [3.8, 4) is 5.75 Å². The molecule has 1 aromatic carbocycles. The van der Waals surface area contributed by atoms with Crippen LogP contribution in [0.15, 0.2) is 30.6 Å². The zero-order valence-corrected chi connectivity index (χ0v) is 11.8. The largest absolute Gasteiger partial charge is 0.496 e. The van der Waals surface area contributed by atoms with Crippen LogP contribution < -0.4 is 10.1 Å². The van der Waals surface area contributed by atoms with Crippen molar-refractivity contribution in [2.45, 2.75) is 19.9 Å². The number of benzene rings is 1. The number of nitrogens with one attached hydrogen (secondary N) is 1. The minimum absolute atomic E-state index is 0.880. The molecular formula is C15H21N3O. The summed E-state index contributed by atoms with van der Waals surface area (Å²) < 4.78 is 7.09. The highest BCUT2D eigenvalue weighted by molar-refractivity contribution is 5.36. The van der Waals surface area contributed by atoms with Crippen LogP contribution in [-0.4, -0.2) is 23.4 Å². The number of aryl methyl sites for hydroxylation is 2. The lowest BCUT2D eigenvalue weighted by Gasteiger charge is -2.08. The van der Waals surface area contributed by atoms with Crippen LogP contribution in [0.4, 0.5) is 0 Å². The summed E-state index contributed by atoms with van der Waals surface area (Å²) in [7, 11) is 3.64. The fraction of sp³-hybridized carbons (Fsp3) is 0.400. The Hall–Kier alpha value is -1.81. The standard InChI is InChI=1S/C15H21N3O/c1-12-8-13(4-5-15(12)19-3)9-16-7-6-14-10-17-18(2)11-14/h4-5,8,10-11,16H,6-7,9H2,1-3H3. The molecule has 1 heterocycles. The van der Waals surface area contributed by atoms with Gasteiger partial charge in [0.05, 0.1) is 13.3 Å². The summed E-state index contributed by atoms with van der Waals surface area (Å²) in [6.45, 7) is 3.90. The molecular weight excluding hydrogens is 238 g/mol. The van der Waals surface area contributed by atoms with Crippen molar-refractivity contribution >= 4 is 0 Å². The van der Waals surface area contributed by atoms with E-state index >= 15 is 0 Å². The monoisotopic (exact) mass is 259 g/mol. The number of hydrogen-bond acceptors (Lipinski definition) is 3. The van der Waals surface area contributed by atoms with Crippen LogP contribution in [0.3, 0.4) is 0 Å². The molecule has 2 rings (SSSR count). The van der Waals surface area contributed by atoms with E-state index in [0.29, 0.717) is 0 Å². The van der Waals surface area contributed by atoms with Crippen molar-refractivity contribution in [2.24, 2.45) is 7.05 Å². The molecule has 0 saturated heterocycles. The molecule has 0 aliphatic carbocycles. The first kappa shape index (κ1) is 13.6. The van der Waals surface area contributed by atoms with Crippen molar-refractivity contribution in [2.75, 3.05) is 13.7 Å². The Kier molecular flexibility index (Phi) is 4.58. The Balaban J connectivity index is 1.78. The Bertz CT molecular complexity index is 534. The van der Waals surface area contributed by atoms with Crippen molar-refractivity contribution in [1.29, 1.82) is 0 Å². The third-order valence-corrected chi connectivity index (χ3v) is 3.14. The second-order valence-electron chi connectivity index (χ2n) is 4.75. The molecule has 0 radical (unpaired) electrons. The maximum atomic E-state index is 5.26. The predicted molar refractivity (Wildman–Crippen MR) is 76.3 cm³/mol. The third-order valence-electron chi connectivity index (χ3n) is 3.14. The van der Waals surface area contributed by atoms with Gasteiger partial charge >= 0.3 is 0 Å². The lowest BCUT2D eigenvalue weighted by molar-refractivity contribution is 0.411. The highest BCUT2D eigenvalue weighted by Crippen LogP contribution is 2.18. The number of hydrogen-bond donors (Lipinski definition) is 1. The summed E-state index contributed by atoms with van der Waals surface area (Å²) in [5, 5.41) is 7.61. The molecule has 0 spiro atoms. The molecule has 0 aliphatic rings. The van der Waals surface area contributed by atoms with Gasteiger partial charge in [-0.15, -0.1) is 0 Å². The topological polar surface area (TPSA) is 39.1 Å². The Morgan fingerprint density at radius 3 is 2.79 bits per heavy atom. The summed E-state index contributed by atoms with van der Waals surface area (Å²) in [5.74, 6) is 0.944. The van der Waals surface area contributed by atoms with Crippen molar-refractivity contribution in [3.63, 3.8) is 0 Å². The number of ether oxygens (including phenoxy) is 1. The first-order valence-corrected chi connectivity index (χ1v) is 6.51. The molecule has 0 amide bonds. The average Bonchev–Trinajstić information content (AvgIpc) is 2.81. The first-order valence-electron chi connectivity index (χ1n) is 6.51. The number of aromatic nitrogens is 2. The van der Waals surface area contributed by atoms with Crippen LogP contribution in [-0.2, 0) is 20.0 Å². The van der Waals surface area contributed by atoms with Gasteiger partial charge in [-0.1, -0.05) is 12.1 Å². The lowest BCUT2D eigenvalue weighted by atomic mass is 10.1. The zero-order valence-electron chi connectivity index (χ0n) is 11.8. The maximum Gasteiger partial charge on any atom is 0.121 e. The second kappa shape index (κ2) is 6.38. The van der Waals surface area contributed by atoms with Gasteiger partial charge in [0.15, 0.2) is 0 Å². The Morgan fingerprint density at radius 1 is 1.32 bits per heavy atom. The molecule has 0 bridgehead atoms.